The van der Waals surface area contributed by atoms with E-state index >= 15 is 0 Å². The lowest BCUT2D eigenvalue weighted by Gasteiger charge is -2.44. The fourth-order valence-electron chi connectivity index (χ4n) is 2.64. The molecular weight excluding hydrogens is 556 g/mol. The van der Waals surface area contributed by atoms with E-state index in [2.05, 4.69) is 30.6 Å². The Bertz CT molecular complexity index is 1170. The Labute approximate surface area is 220 Å². The Morgan fingerprint density at radius 1 is 1.33 bits per heavy atom. The molecule has 2 aromatic rings. The number of alkyl halides is 1. The Balaban J connectivity index is 0.000000662. The first kappa shape index (κ1) is 29.4. The average Bonchev–Trinajstić information content (AvgIpc) is 3.28. The van der Waals surface area contributed by atoms with Crippen molar-refractivity contribution in [2.24, 2.45) is 5.16 Å². The first-order valence-electron chi connectivity index (χ1n) is 10.0. The third-order valence-electron chi connectivity index (χ3n) is 4.02. The first-order valence-corrected chi connectivity index (χ1v) is 13.8. The fourth-order valence-corrected chi connectivity index (χ4v) is 5.73. The van der Waals surface area contributed by atoms with Gasteiger partial charge >= 0.3 is 10.3 Å². The lowest BCUT2D eigenvalue weighted by molar-refractivity contribution is -0.141. The number of nitrogens with one attached hydrogen (secondary N) is 2. The van der Waals surface area contributed by atoms with Gasteiger partial charge < -0.3 is 15.5 Å². The maximum Gasteiger partial charge on any atom is 0.363 e. The van der Waals surface area contributed by atoms with Gasteiger partial charge in [0.2, 0.25) is 5.91 Å². The van der Waals surface area contributed by atoms with Crippen molar-refractivity contribution in [2.75, 3.05) is 18.3 Å². The van der Waals surface area contributed by atoms with E-state index in [4.69, 9.17) is 11.6 Å². The molecule has 1 fully saturated rings. The van der Waals surface area contributed by atoms with Crippen LogP contribution < -0.4 is 10.6 Å². The standard InChI is InChI=1S/C14H18ClN5O7S3.C5H5N/c1-6(2)29-13-10(12(23)20(13)30(24,25)26)18-11(22)9(19-27-3)7-5-28-14(16-7)17-8(21)4-15;1-2-4-6-5-3-1/h5-6,10,13H,4H2,1-3H3,(H,18,22)(H,16,17,21)(H,24,25,26);1-5H/t10-,13+;/m1./s1. The number of β-lactam (4-membered cyclic amide) rings is 1. The van der Waals surface area contributed by atoms with Gasteiger partial charge in [-0.25, -0.2) is 4.98 Å². The number of amides is 3. The van der Waals surface area contributed by atoms with Crippen molar-refractivity contribution in [3.8, 4) is 0 Å². The summed E-state index contributed by atoms with van der Waals surface area (Å²) in [7, 11) is -3.58. The number of pyridine rings is 1. The number of carbonyl (C=O) groups excluding carboxylic acids is 3. The molecular formula is C19H23ClN6O7S3. The maximum absolute atomic E-state index is 12.7. The highest BCUT2D eigenvalue weighted by Crippen LogP contribution is 2.34. The third-order valence-corrected chi connectivity index (χ3v) is 7.37. The number of hydrogen-bond donors (Lipinski definition) is 3. The van der Waals surface area contributed by atoms with Crippen LogP contribution in [0.4, 0.5) is 5.13 Å². The monoisotopic (exact) mass is 578 g/mol. The quantitative estimate of drug-likeness (QED) is 0.129. The number of thiazole rings is 1. The minimum Gasteiger partial charge on any atom is -0.398 e. The molecule has 3 rings (SSSR count). The number of carbonyl (C=O) groups is 3. The summed E-state index contributed by atoms with van der Waals surface area (Å²) >= 11 is 7.49. The van der Waals surface area contributed by atoms with E-state index in [1.165, 1.54) is 12.5 Å². The van der Waals surface area contributed by atoms with Crippen LogP contribution in [0.5, 0.6) is 0 Å². The molecule has 3 heterocycles. The molecule has 17 heteroatoms. The van der Waals surface area contributed by atoms with Gasteiger partial charge in [-0.3, -0.25) is 23.9 Å². The molecule has 1 saturated heterocycles. The number of anilines is 1. The van der Waals surface area contributed by atoms with E-state index in [9.17, 15) is 27.4 Å². The first-order chi connectivity index (χ1) is 17.0. The van der Waals surface area contributed by atoms with Crippen LogP contribution in [-0.2, 0) is 29.5 Å². The molecule has 3 N–H and O–H groups in total. The molecule has 196 valence electrons. The van der Waals surface area contributed by atoms with Gasteiger partial charge in [0.25, 0.3) is 11.8 Å². The summed E-state index contributed by atoms with van der Waals surface area (Å²) in [5, 5.41) is 8.87. The lowest BCUT2D eigenvalue weighted by Crippen LogP contribution is -2.71. The molecule has 0 aromatic carbocycles. The zero-order valence-electron chi connectivity index (χ0n) is 19.2. The summed E-state index contributed by atoms with van der Waals surface area (Å²) in [6.45, 7) is 3.52. The molecule has 1 aliphatic rings. The zero-order valence-corrected chi connectivity index (χ0v) is 22.4. The molecule has 0 saturated carbocycles. The summed E-state index contributed by atoms with van der Waals surface area (Å²) in [6, 6.07) is 4.50. The highest BCUT2D eigenvalue weighted by Gasteiger charge is 2.54. The minimum atomic E-state index is -4.78. The molecule has 0 aliphatic carbocycles. The van der Waals surface area contributed by atoms with E-state index in [1.807, 2.05) is 18.2 Å². The largest absolute Gasteiger partial charge is 0.398 e. The summed E-state index contributed by atoms with van der Waals surface area (Å²) in [5.74, 6) is -2.63. The van der Waals surface area contributed by atoms with E-state index in [0.29, 0.717) is 4.31 Å². The molecule has 13 nitrogen and oxygen atoms in total. The molecule has 2 aromatic heterocycles. The second kappa shape index (κ2) is 13.5. The molecule has 3 amide bonds. The van der Waals surface area contributed by atoms with Crippen molar-refractivity contribution in [2.45, 2.75) is 30.5 Å². The second-order valence-electron chi connectivity index (χ2n) is 7.01. The Kier molecular flexibility index (Phi) is 11.0. The van der Waals surface area contributed by atoms with Crippen molar-refractivity contribution in [3.05, 3.63) is 41.7 Å². The van der Waals surface area contributed by atoms with Crippen molar-refractivity contribution in [3.63, 3.8) is 0 Å². The summed E-state index contributed by atoms with van der Waals surface area (Å²) < 4.78 is 32.5. The number of aromatic nitrogens is 2. The highest BCUT2D eigenvalue weighted by molar-refractivity contribution is 8.01. The van der Waals surface area contributed by atoms with Crippen molar-refractivity contribution in [1.82, 2.24) is 19.6 Å². The van der Waals surface area contributed by atoms with Gasteiger partial charge in [-0.1, -0.05) is 25.1 Å². The van der Waals surface area contributed by atoms with Crippen molar-refractivity contribution < 1.29 is 32.2 Å². The number of halogens is 1. The van der Waals surface area contributed by atoms with Crippen LogP contribution in [0.1, 0.15) is 19.5 Å². The van der Waals surface area contributed by atoms with Gasteiger partial charge in [-0.15, -0.1) is 34.7 Å². The molecule has 0 unspecified atom stereocenters. The number of hydrogen-bond acceptors (Lipinski definition) is 11. The molecule has 0 spiro atoms. The maximum atomic E-state index is 12.7. The Hall–Kier alpha value is -2.79. The van der Waals surface area contributed by atoms with Crippen LogP contribution in [0, 0.1) is 0 Å². The van der Waals surface area contributed by atoms with E-state index in [0.717, 1.165) is 23.1 Å². The second-order valence-corrected chi connectivity index (χ2v) is 11.1. The van der Waals surface area contributed by atoms with Crippen LogP contribution >= 0.6 is 34.7 Å². The lowest BCUT2D eigenvalue weighted by atomic mass is 10.1. The van der Waals surface area contributed by atoms with Crippen molar-refractivity contribution >= 4 is 73.6 Å². The summed E-state index contributed by atoms with van der Waals surface area (Å²) in [4.78, 5) is 48.8. The van der Waals surface area contributed by atoms with Gasteiger partial charge in [-0.05, 0) is 12.1 Å². The fraction of sp³-hybridized carbons (Fsp3) is 0.368. The number of oxime groups is 1. The topological polar surface area (TPSA) is 180 Å². The predicted octanol–water partition coefficient (Wildman–Crippen LogP) is 1.35. The number of thioether (sulfide) groups is 1. The average molecular weight is 579 g/mol. The normalized spacial score (nSPS) is 17.6. The van der Waals surface area contributed by atoms with Gasteiger partial charge in [-0.2, -0.15) is 12.7 Å². The molecule has 1 aliphatic heterocycles. The minimum absolute atomic E-state index is 0.0516. The molecule has 36 heavy (non-hydrogen) atoms. The van der Waals surface area contributed by atoms with Crippen LogP contribution in [0.3, 0.4) is 0 Å². The van der Waals surface area contributed by atoms with Crippen molar-refractivity contribution in [1.29, 1.82) is 0 Å². The number of rotatable bonds is 9. The van der Waals surface area contributed by atoms with Gasteiger partial charge in [0.05, 0.1) is 0 Å². The van der Waals surface area contributed by atoms with E-state index < -0.39 is 39.4 Å². The Morgan fingerprint density at radius 2 is 2.00 bits per heavy atom. The van der Waals surface area contributed by atoms with Gasteiger partial charge in [0, 0.05) is 23.0 Å². The smallest absolute Gasteiger partial charge is 0.363 e. The molecule has 0 bridgehead atoms. The van der Waals surface area contributed by atoms with Crippen LogP contribution in [0.15, 0.2) is 41.1 Å². The summed E-state index contributed by atoms with van der Waals surface area (Å²) in [5.41, 5.74) is -0.248. The number of nitrogens with zero attached hydrogens (tertiary/aromatic N) is 4. The van der Waals surface area contributed by atoms with E-state index in [-0.39, 0.29) is 27.7 Å². The van der Waals surface area contributed by atoms with Crippen LogP contribution in [0.25, 0.3) is 0 Å². The highest BCUT2D eigenvalue weighted by atomic mass is 35.5. The molecule has 2 atom stereocenters. The molecule has 0 radical (unpaired) electrons. The van der Waals surface area contributed by atoms with Gasteiger partial charge in [0.1, 0.15) is 30.1 Å². The predicted molar refractivity (Wildman–Crippen MR) is 136 cm³/mol. The zero-order chi connectivity index (χ0) is 26.9. The summed E-state index contributed by atoms with van der Waals surface area (Å²) in [6.07, 6.45) is 3.50. The Morgan fingerprint density at radius 3 is 2.47 bits per heavy atom. The van der Waals surface area contributed by atoms with Crippen LogP contribution in [-0.4, -0.2) is 80.3 Å². The van der Waals surface area contributed by atoms with Crippen LogP contribution in [0.2, 0.25) is 0 Å². The van der Waals surface area contributed by atoms with Gasteiger partial charge in [0.15, 0.2) is 10.8 Å². The SMILES string of the molecule is CON=C(C(=O)N[C@@H]1C(=O)N(S(=O)(=O)O)[C@H]1SC(C)C)c1csc(NC(=O)CCl)n1.c1ccncc1. The van der Waals surface area contributed by atoms with E-state index in [1.54, 1.807) is 26.2 Å². The third kappa shape index (κ3) is 8.12.